The van der Waals surface area contributed by atoms with E-state index in [1.54, 1.807) is 24.3 Å². The zero-order valence-corrected chi connectivity index (χ0v) is 21.2. The second kappa shape index (κ2) is 11.1. The van der Waals surface area contributed by atoms with Crippen LogP contribution in [-0.2, 0) is 19.6 Å². The van der Waals surface area contributed by atoms with Crippen LogP contribution in [0.1, 0.15) is 59.7 Å². The van der Waals surface area contributed by atoms with Crippen LogP contribution >= 0.6 is 0 Å². The van der Waals surface area contributed by atoms with Crippen molar-refractivity contribution < 1.29 is 22.7 Å². The minimum Gasteiger partial charge on any atom is -0.462 e. The van der Waals surface area contributed by atoms with Crippen molar-refractivity contribution in [3.8, 4) is 0 Å². The Morgan fingerprint density at radius 2 is 1.74 bits per heavy atom. The molecule has 0 aliphatic carbocycles. The Bertz CT molecular complexity index is 1120. The van der Waals surface area contributed by atoms with Gasteiger partial charge in [-0.3, -0.25) is 4.79 Å². The van der Waals surface area contributed by atoms with Gasteiger partial charge < -0.3 is 10.1 Å². The molecule has 2 aromatic carbocycles. The third-order valence-corrected chi connectivity index (χ3v) is 8.25. The predicted octanol–water partition coefficient (Wildman–Crippen LogP) is 4.61. The van der Waals surface area contributed by atoms with Crippen LogP contribution in [0.4, 0.5) is 5.69 Å². The van der Waals surface area contributed by atoms with Gasteiger partial charge in [0.1, 0.15) is 0 Å². The quantitative estimate of drug-likeness (QED) is 0.435. The van der Waals surface area contributed by atoms with Crippen molar-refractivity contribution in [3.63, 3.8) is 0 Å². The number of anilines is 1. The van der Waals surface area contributed by atoms with Crippen LogP contribution in [-0.4, -0.2) is 44.3 Å². The summed E-state index contributed by atoms with van der Waals surface area (Å²) < 4.78 is 33.5. The van der Waals surface area contributed by atoms with E-state index in [2.05, 4.69) is 5.32 Å². The van der Waals surface area contributed by atoms with E-state index in [-0.39, 0.29) is 18.4 Å². The largest absolute Gasteiger partial charge is 0.462 e. The molecule has 1 fully saturated rings. The molecule has 0 unspecified atom stereocenters. The Labute approximate surface area is 202 Å². The van der Waals surface area contributed by atoms with Gasteiger partial charge >= 0.3 is 5.97 Å². The van der Waals surface area contributed by atoms with Crippen molar-refractivity contribution >= 4 is 27.6 Å². The molecule has 0 spiro atoms. The highest BCUT2D eigenvalue weighted by Gasteiger charge is 2.34. The Balaban J connectivity index is 1.66. The standard InChI is InChI=1S/C26H34N2O5S/c1-5-6-14-33-26(30)21-9-11-23(12-10-21)27-25(29)22-8-7-13-28(17-22)34(31,32)24-19(3)15-18(2)16-20(24)4/h9-12,15-16,22H,5-8,13-14,17H2,1-4H3,(H,27,29)/t22-/m1/s1. The molecule has 1 amide bonds. The van der Waals surface area contributed by atoms with Gasteiger partial charge in [-0.2, -0.15) is 4.31 Å². The van der Waals surface area contributed by atoms with Crippen LogP contribution in [0, 0.1) is 26.7 Å². The lowest BCUT2D eigenvalue weighted by Crippen LogP contribution is -2.44. The molecule has 1 aliphatic rings. The summed E-state index contributed by atoms with van der Waals surface area (Å²) in [4.78, 5) is 25.3. The topological polar surface area (TPSA) is 92.8 Å². The highest BCUT2D eigenvalue weighted by molar-refractivity contribution is 7.89. The van der Waals surface area contributed by atoms with Crippen LogP contribution in [0.25, 0.3) is 0 Å². The van der Waals surface area contributed by atoms with E-state index in [9.17, 15) is 18.0 Å². The van der Waals surface area contributed by atoms with Gasteiger partial charge in [-0.15, -0.1) is 0 Å². The van der Waals surface area contributed by atoms with Crippen LogP contribution in [0.3, 0.4) is 0 Å². The first-order chi connectivity index (χ1) is 16.1. The van der Waals surface area contributed by atoms with E-state index in [0.717, 1.165) is 29.5 Å². The van der Waals surface area contributed by atoms with E-state index in [1.165, 1.54) is 4.31 Å². The van der Waals surface area contributed by atoms with Crippen molar-refractivity contribution in [1.29, 1.82) is 0 Å². The molecule has 1 saturated heterocycles. The summed E-state index contributed by atoms with van der Waals surface area (Å²) in [5, 5.41) is 2.86. The summed E-state index contributed by atoms with van der Waals surface area (Å²) in [6.45, 7) is 8.51. The third kappa shape index (κ3) is 6.04. The Morgan fingerprint density at radius 1 is 1.09 bits per heavy atom. The third-order valence-electron chi connectivity index (χ3n) is 6.08. The van der Waals surface area contributed by atoms with Gasteiger partial charge in [0.25, 0.3) is 0 Å². The van der Waals surface area contributed by atoms with E-state index < -0.39 is 15.9 Å². The number of hydrogen-bond donors (Lipinski definition) is 1. The molecule has 1 aliphatic heterocycles. The van der Waals surface area contributed by atoms with Gasteiger partial charge in [0.05, 0.1) is 23.0 Å². The number of sulfonamides is 1. The van der Waals surface area contributed by atoms with E-state index in [4.69, 9.17) is 4.74 Å². The summed E-state index contributed by atoms with van der Waals surface area (Å²) in [6, 6.07) is 10.3. The summed E-state index contributed by atoms with van der Waals surface area (Å²) in [7, 11) is -3.70. The predicted molar refractivity (Wildman–Crippen MR) is 132 cm³/mol. The number of nitrogens with zero attached hydrogens (tertiary/aromatic N) is 1. The maximum atomic E-state index is 13.4. The van der Waals surface area contributed by atoms with Gasteiger partial charge in [0.2, 0.25) is 15.9 Å². The number of unbranched alkanes of at least 4 members (excludes halogenated alkanes) is 1. The van der Waals surface area contributed by atoms with Gasteiger partial charge in [-0.05, 0) is 75.4 Å². The first-order valence-electron chi connectivity index (χ1n) is 11.8. The van der Waals surface area contributed by atoms with Crippen molar-refractivity contribution in [2.45, 2.75) is 58.3 Å². The van der Waals surface area contributed by atoms with Crippen molar-refractivity contribution in [2.75, 3.05) is 25.0 Å². The highest BCUT2D eigenvalue weighted by Crippen LogP contribution is 2.29. The smallest absolute Gasteiger partial charge is 0.338 e. The second-order valence-corrected chi connectivity index (χ2v) is 10.9. The van der Waals surface area contributed by atoms with E-state index in [1.807, 2.05) is 39.8 Å². The number of carbonyl (C=O) groups is 2. The number of aryl methyl sites for hydroxylation is 3. The maximum absolute atomic E-state index is 13.4. The maximum Gasteiger partial charge on any atom is 0.338 e. The molecule has 0 aromatic heterocycles. The molecule has 1 atom stereocenters. The number of esters is 1. The zero-order valence-electron chi connectivity index (χ0n) is 20.4. The molecule has 7 nitrogen and oxygen atoms in total. The number of carbonyl (C=O) groups excluding carboxylic acids is 2. The molecule has 34 heavy (non-hydrogen) atoms. The molecule has 1 N–H and O–H groups in total. The van der Waals surface area contributed by atoms with E-state index in [0.29, 0.717) is 42.1 Å². The number of hydrogen-bond acceptors (Lipinski definition) is 5. The fraction of sp³-hybridized carbons (Fsp3) is 0.462. The van der Waals surface area contributed by atoms with Crippen LogP contribution in [0.15, 0.2) is 41.3 Å². The number of nitrogens with one attached hydrogen (secondary N) is 1. The first kappa shape index (κ1) is 25.9. The fourth-order valence-corrected chi connectivity index (χ4v) is 6.34. The van der Waals surface area contributed by atoms with Crippen LogP contribution in [0.5, 0.6) is 0 Å². The lowest BCUT2D eigenvalue weighted by molar-refractivity contribution is -0.120. The van der Waals surface area contributed by atoms with Gasteiger partial charge in [0, 0.05) is 18.8 Å². The first-order valence-corrected chi connectivity index (χ1v) is 13.2. The Hall–Kier alpha value is -2.71. The van der Waals surface area contributed by atoms with Gasteiger partial charge in [0.15, 0.2) is 0 Å². The Morgan fingerprint density at radius 3 is 2.35 bits per heavy atom. The molecule has 8 heteroatoms. The molecular weight excluding hydrogens is 452 g/mol. The lowest BCUT2D eigenvalue weighted by atomic mass is 9.98. The van der Waals surface area contributed by atoms with Crippen molar-refractivity contribution in [2.24, 2.45) is 5.92 Å². The molecule has 2 aromatic rings. The molecule has 184 valence electrons. The Kier molecular flexibility index (Phi) is 8.49. The number of ether oxygens (including phenoxy) is 1. The molecule has 0 bridgehead atoms. The average molecular weight is 487 g/mol. The van der Waals surface area contributed by atoms with Crippen molar-refractivity contribution in [1.82, 2.24) is 4.31 Å². The normalized spacial score (nSPS) is 16.8. The van der Waals surface area contributed by atoms with Crippen LogP contribution in [0.2, 0.25) is 0 Å². The highest BCUT2D eigenvalue weighted by atomic mass is 32.2. The van der Waals surface area contributed by atoms with Gasteiger partial charge in [-0.25, -0.2) is 13.2 Å². The summed E-state index contributed by atoms with van der Waals surface area (Å²) in [6.07, 6.45) is 2.99. The zero-order chi connectivity index (χ0) is 24.9. The molecule has 3 rings (SSSR count). The molecule has 1 heterocycles. The van der Waals surface area contributed by atoms with Crippen LogP contribution < -0.4 is 5.32 Å². The molecule has 0 saturated carbocycles. The molecule has 0 radical (unpaired) electrons. The summed E-state index contributed by atoms with van der Waals surface area (Å²) in [5.74, 6) is -1.06. The molecular formula is C26H34N2O5S. The monoisotopic (exact) mass is 486 g/mol. The van der Waals surface area contributed by atoms with Crippen molar-refractivity contribution in [3.05, 3.63) is 58.7 Å². The summed E-state index contributed by atoms with van der Waals surface area (Å²) in [5.41, 5.74) is 3.44. The number of rotatable bonds is 8. The lowest BCUT2D eigenvalue weighted by Gasteiger charge is -2.32. The van der Waals surface area contributed by atoms with Gasteiger partial charge in [-0.1, -0.05) is 31.0 Å². The number of piperidine rings is 1. The summed E-state index contributed by atoms with van der Waals surface area (Å²) >= 11 is 0. The fourth-order valence-electron chi connectivity index (χ4n) is 4.40. The average Bonchev–Trinajstić information content (AvgIpc) is 2.79. The second-order valence-electron chi connectivity index (χ2n) is 8.99. The van der Waals surface area contributed by atoms with E-state index >= 15 is 0 Å². The number of benzene rings is 2. The minimum absolute atomic E-state index is 0.142. The SMILES string of the molecule is CCCCOC(=O)c1ccc(NC(=O)[C@@H]2CCCN(S(=O)(=O)c3c(C)cc(C)cc3C)C2)cc1. The number of amides is 1. The minimum atomic E-state index is -3.70.